The first-order chi connectivity index (χ1) is 9.13. The molecule has 2 heteroatoms. The maximum Gasteiger partial charge on any atom is 0.179 e. The number of ketones is 1. The van der Waals surface area contributed by atoms with Gasteiger partial charge in [0.2, 0.25) is 0 Å². The normalized spacial score (nSPS) is 30.1. The Morgan fingerprint density at radius 3 is 2.47 bits per heavy atom. The molecule has 102 valence electrons. The van der Waals surface area contributed by atoms with Crippen molar-refractivity contribution in [3.8, 4) is 0 Å². The molecule has 3 atom stereocenters. The van der Waals surface area contributed by atoms with Gasteiger partial charge in [0, 0.05) is 11.6 Å². The van der Waals surface area contributed by atoms with Crippen molar-refractivity contribution in [1.82, 2.24) is 5.32 Å². The van der Waals surface area contributed by atoms with Gasteiger partial charge in [0.1, 0.15) is 0 Å². The van der Waals surface area contributed by atoms with Crippen LogP contribution in [0.4, 0.5) is 0 Å². The van der Waals surface area contributed by atoms with Gasteiger partial charge in [0.25, 0.3) is 0 Å². The molecule has 3 rings (SSSR count). The lowest BCUT2D eigenvalue weighted by molar-refractivity contribution is 0.0949. The van der Waals surface area contributed by atoms with Crippen molar-refractivity contribution in [3.05, 3.63) is 34.9 Å². The maximum absolute atomic E-state index is 12.6. The summed E-state index contributed by atoms with van der Waals surface area (Å²) in [5.74, 6) is 1.02. The van der Waals surface area contributed by atoms with Crippen molar-refractivity contribution in [2.45, 2.75) is 58.0 Å². The number of carbonyl (C=O) groups excluding carboxylic acids is 1. The fourth-order valence-electron chi connectivity index (χ4n) is 3.84. The fraction of sp³-hybridized carbons (Fsp3) is 0.588. The minimum absolute atomic E-state index is 0.0503. The number of aryl methyl sites for hydroxylation is 2. The van der Waals surface area contributed by atoms with Crippen LogP contribution in [0.2, 0.25) is 0 Å². The second kappa shape index (κ2) is 5.09. The van der Waals surface area contributed by atoms with Crippen molar-refractivity contribution in [3.63, 3.8) is 0 Å². The minimum Gasteiger partial charge on any atom is -0.304 e. The quantitative estimate of drug-likeness (QED) is 0.823. The Morgan fingerprint density at radius 1 is 1.11 bits per heavy atom. The van der Waals surface area contributed by atoms with Gasteiger partial charge in [-0.15, -0.1) is 0 Å². The molecule has 1 saturated carbocycles. The smallest absolute Gasteiger partial charge is 0.179 e. The van der Waals surface area contributed by atoms with E-state index in [1.54, 1.807) is 0 Å². The Balaban J connectivity index is 1.77. The zero-order chi connectivity index (χ0) is 13.4. The lowest BCUT2D eigenvalue weighted by Crippen LogP contribution is -2.37. The molecule has 0 aromatic heterocycles. The second-order valence-corrected chi connectivity index (χ2v) is 6.35. The summed E-state index contributed by atoms with van der Waals surface area (Å²) >= 11 is 0. The molecule has 1 heterocycles. The molecule has 2 fully saturated rings. The zero-order valence-electron chi connectivity index (χ0n) is 11.9. The van der Waals surface area contributed by atoms with Gasteiger partial charge in [-0.3, -0.25) is 4.79 Å². The number of benzene rings is 1. The summed E-state index contributed by atoms with van der Waals surface area (Å²) < 4.78 is 0. The van der Waals surface area contributed by atoms with Crippen molar-refractivity contribution < 1.29 is 4.79 Å². The molecule has 1 aliphatic heterocycles. The first-order valence-electron chi connectivity index (χ1n) is 7.52. The molecule has 3 unspecified atom stereocenters. The summed E-state index contributed by atoms with van der Waals surface area (Å²) in [6, 6.07) is 6.82. The molecule has 2 nitrogen and oxygen atoms in total. The first kappa shape index (κ1) is 12.9. The lowest BCUT2D eigenvalue weighted by Gasteiger charge is -2.24. The van der Waals surface area contributed by atoms with Gasteiger partial charge in [0.05, 0.1) is 6.04 Å². The van der Waals surface area contributed by atoms with Crippen LogP contribution in [0, 0.1) is 19.8 Å². The summed E-state index contributed by atoms with van der Waals surface area (Å²) in [5.41, 5.74) is 3.24. The maximum atomic E-state index is 12.6. The van der Waals surface area contributed by atoms with Crippen LogP contribution in [-0.4, -0.2) is 17.9 Å². The molecular weight excluding hydrogens is 234 g/mol. The Morgan fingerprint density at radius 2 is 1.79 bits per heavy atom. The van der Waals surface area contributed by atoms with E-state index in [-0.39, 0.29) is 6.04 Å². The highest BCUT2D eigenvalue weighted by atomic mass is 16.1. The number of rotatable bonds is 2. The predicted molar refractivity (Wildman–Crippen MR) is 77.5 cm³/mol. The van der Waals surface area contributed by atoms with Gasteiger partial charge < -0.3 is 5.32 Å². The standard InChI is InChI=1S/C17H23NO/c1-11-7-12(2)9-14(8-11)17(19)16-10-13-5-3-4-6-15(13)18-16/h7-9,13,15-16,18H,3-6,10H2,1-2H3. The Labute approximate surface area is 115 Å². The highest BCUT2D eigenvalue weighted by Crippen LogP contribution is 2.34. The average molecular weight is 257 g/mol. The topological polar surface area (TPSA) is 29.1 Å². The molecule has 1 aromatic rings. The van der Waals surface area contributed by atoms with E-state index in [9.17, 15) is 4.79 Å². The van der Waals surface area contributed by atoms with Gasteiger partial charge in [-0.05, 0) is 51.2 Å². The number of hydrogen-bond donors (Lipinski definition) is 1. The van der Waals surface area contributed by atoms with E-state index in [0.717, 1.165) is 17.9 Å². The molecular formula is C17H23NO. The van der Waals surface area contributed by atoms with E-state index in [4.69, 9.17) is 0 Å². The molecule has 0 spiro atoms. The van der Waals surface area contributed by atoms with Crippen LogP contribution in [0.3, 0.4) is 0 Å². The van der Waals surface area contributed by atoms with E-state index >= 15 is 0 Å². The molecule has 1 aromatic carbocycles. The third-order valence-corrected chi connectivity index (χ3v) is 4.69. The predicted octanol–water partition coefficient (Wildman–Crippen LogP) is 3.41. The second-order valence-electron chi connectivity index (χ2n) is 6.35. The van der Waals surface area contributed by atoms with Crippen LogP contribution in [0.5, 0.6) is 0 Å². The number of hydrogen-bond acceptors (Lipinski definition) is 2. The Kier molecular flexibility index (Phi) is 3.44. The van der Waals surface area contributed by atoms with E-state index in [2.05, 4.69) is 25.2 Å². The van der Waals surface area contributed by atoms with Gasteiger partial charge in [-0.25, -0.2) is 0 Å². The lowest BCUT2D eigenvalue weighted by atomic mass is 9.84. The number of nitrogens with one attached hydrogen (secondary N) is 1. The molecule has 19 heavy (non-hydrogen) atoms. The van der Waals surface area contributed by atoms with Gasteiger partial charge >= 0.3 is 0 Å². The summed E-state index contributed by atoms with van der Waals surface area (Å²) in [4.78, 5) is 12.6. The minimum atomic E-state index is 0.0503. The molecule has 0 radical (unpaired) electrons. The molecule has 2 aliphatic rings. The fourth-order valence-corrected chi connectivity index (χ4v) is 3.84. The first-order valence-corrected chi connectivity index (χ1v) is 7.52. The third kappa shape index (κ3) is 2.59. The summed E-state index contributed by atoms with van der Waals surface area (Å²) in [6.45, 7) is 4.12. The SMILES string of the molecule is Cc1cc(C)cc(C(=O)C2CC3CCCCC3N2)c1. The molecule has 1 aliphatic carbocycles. The average Bonchev–Trinajstić information content (AvgIpc) is 2.80. The monoisotopic (exact) mass is 257 g/mol. The van der Waals surface area contributed by atoms with Gasteiger partial charge in [-0.1, -0.05) is 30.0 Å². The Hall–Kier alpha value is -1.15. The zero-order valence-corrected chi connectivity index (χ0v) is 11.9. The van der Waals surface area contributed by atoms with Crippen LogP contribution in [0.15, 0.2) is 18.2 Å². The molecule has 0 bridgehead atoms. The van der Waals surface area contributed by atoms with Crippen molar-refractivity contribution in [1.29, 1.82) is 0 Å². The number of Topliss-reactive ketones (excluding diaryl/α,β-unsaturated/α-hetero) is 1. The van der Waals surface area contributed by atoms with Crippen molar-refractivity contribution in [2.24, 2.45) is 5.92 Å². The summed E-state index contributed by atoms with van der Waals surface area (Å²) in [6.07, 6.45) is 6.25. The van der Waals surface area contributed by atoms with E-state index in [1.165, 1.54) is 36.8 Å². The number of carbonyl (C=O) groups is 1. The molecule has 1 N–H and O–H groups in total. The van der Waals surface area contributed by atoms with E-state index in [0.29, 0.717) is 11.8 Å². The van der Waals surface area contributed by atoms with Crippen LogP contribution >= 0.6 is 0 Å². The molecule has 0 amide bonds. The summed E-state index contributed by atoms with van der Waals surface area (Å²) in [7, 11) is 0. The van der Waals surface area contributed by atoms with Gasteiger partial charge in [0.15, 0.2) is 5.78 Å². The van der Waals surface area contributed by atoms with Crippen molar-refractivity contribution >= 4 is 5.78 Å². The summed E-state index contributed by atoms with van der Waals surface area (Å²) in [5, 5.41) is 3.58. The largest absolute Gasteiger partial charge is 0.304 e. The highest BCUT2D eigenvalue weighted by Gasteiger charge is 2.38. The van der Waals surface area contributed by atoms with Crippen LogP contribution < -0.4 is 5.32 Å². The highest BCUT2D eigenvalue weighted by molar-refractivity contribution is 6.00. The third-order valence-electron chi connectivity index (χ3n) is 4.69. The van der Waals surface area contributed by atoms with Crippen LogP contribution in [0.25, 0.3) is 0 Å². The van der Waals surface area contributed by atoms with Gasteiger partial charge in [-0.2, -0.15) is 0 Å². The van der Waals surface area contributed by atoms with E-state index < -0.39 is 0 Å². The van der Waals surface area contributed by atoms with E-state index in [1.807, 2.05) is 12.1 Å². The molecule has 1 saturated heterocycles. The number of fused-ring (bicyclic) bond motifs is 1. The van der Waals surface area contributed by atoms with Crippen LogP contribution in [0.1, 0.15) is 53.6 Å². The Bertz CT molecular complexity index is 460. The van der Waals surface area contributed by atoms with Crippen molar-refractivity contribution in [2.75, 3.05) is 0 Å². The van der Waals surface area contributed by atoms with Crippen LogP contribution in [-0.2, 0) is 0 Å².